The number of nitrogens with zero attached hydrogens (tertiary/aromatic N) is 2. The summed E-state index contributed by atoms with van der Waals surface area (Å²) >= 11 is 12.4. The number of aryl methyl sites for hydroxylation is 1. The molecule has 0 fully saturated rings. The molecule has 1 N–H and O–H groups in total. The Morgan fingerprint density at radius 1 is 1.06 bits per heavy atom. The van der Waals surface area contributed by atoms with Crippen LogP contribution in [0.2, 0.25) is 10.0 Å². The van der Waals surface area contributed by atoms with E-state index in [4.69, 9.17) is 23.2 Å². The summed E-state index contributed by atoms with van der Waals surface area (Å²) in [7, 11) is -3.89. The smallest absolute Gasteiger partial charge is 0.244 e. The molecule has 0 heterocycles. The molecule has 0 saturated carbocycles. The Morgan fingerprint density at radius 2 is 1.74 bits per heavy atom. The number of hydrogen-bond acceptors (Lipinski definition) is 4. The Hall–Kier alpha value is -2.29. The van der Waals surface area contributed by atoms with Crippen LogP contribution in [-0.2, 0) is 26.2 Å². The van der Waals surface area contributed by atoms with Crippen molar-refractivity contribution >= 4 is 50.7 Å². The van der Waals surface area contributed by atoms with Crippen molar-refractivity contribution in [2.45, 2.75) is 46.2 Å². The third-order valence-electron chi connectivity index (χ3n) is 5.42. The molecule has 2 amide bonds. The van der Waals surface area contributed by atoms with Crippen LogP contribution < -0.4 is 9.62 Å². The summed E-state index contributed by atoms with van der Waals surface area (Å²) in [5.41, 5.74) is 1.93. The zero-order chi connectivity index (χ0) is 25.5. The van der Waals surface area contributed by atoms with E-state index >= 15 is 0 Å². The molecule has 0 aliphatic heterocycles. The number of sulfonamides is 1. The van der Waals surface area contributed by atoms with E-state index in [0.29, 0.717) is 13.0 Å². The number of carbonyl (C=O) groups is 2. The van der Waals surface area contributed by atoms with Crippen LogP contribution in [0, 0.1) is 6.92 Å². The first-order valence-electron chi connectivity index (χ1n) is 11.0. The molecule has 2 rings (SSSR count). The molecule has 2 aromatic carbocycles. The van der Waals surface area contributed by atoms with Gasteiger partial charge in [-0.3, -0.25) is 13.9 Å². The molecule has 2 aromatic rings. The molecule has 0 saturated heterocycles. The highest BCUT2D eigenvalue weighted by atomic mass is 35.5. The van der Waals surface area contributed by atoms with E-state index in [0.717, 1.165) is 28.1 Å². The molecule has 10 heteroatoms. The number of benzene rings is 2. The van der Waals surface area contributed by atoms with E-state index in [1.54, 1.807) is 6.07 Å². The van der Waals surface area contributed by atoms with Crippen molar-refractivity contribution in [1.82, 2.24) is 10.2 Å². The fraction of sp³-hybridized carbons (Fsp3) is 0.417. The lowest BCUT2D eigenvalue weighted by atomic mass is 10.1. The van der Waals surface area contributed by atoms with Gasteiger partial charge in [0.2, 0.25) is 21.8 Å². The monoisotopic (exact) mass is 527 g/mol. The van der Waals surface area contributed by atoms with Gasteiger partial charge in [0.1, 0.15) is 12.6 Å². The fourth-order valence-corrected chi connectivity index (χ4v) is 4.84. The Morgan fingerprint density at radius 3 is 2.32 bits per heavy atom. The summed E-state index contributed by atoms with van der Waals surface area (Å²) in [6, 6.07) is 11.4. The summed E-state index contributed by atoms with van der Waals surface area (Å²) in [5.74, 6) is -0.804. The molecular formula is C24H31Cl2N3O4S. The quantitative estimate of drug-likeness (QED) is 0.469. The Kier molecular flexibility index (Phi) is 10.2. The molecule has 0 radical (unpaired) electrons. The van der Waals surface area contributed by atoms with E-state index < -0.39 is 28.5 Å². The highest BCUT2D eigenvalue weighted by Gasteiger charge is 2.32. The molecule has 0 aliphatic rings. The zero-order valence-electron chi connectivity index (χ0n) is 19.8. The molecule has 7 nitrogen and oxygen atoms in total. The molecular weight excluding hydrogens is 497 g/mol. The molecule has 0 aliphatic carbocycles. The van der Waals surface area contributed by atoms with Crippen molar-refractivity contribution < 1.29 is 18.0 Å². The van der Waals surface area contributed by atoms with E-state index in [1.807, 2.05) is 45.0 Å². The SMILES string of the molecule is CCCNC(=O)[C@@H](CC)N(Cc1ccccc1C)C(=O)CN(c1cccc(Cl)c1Cl)S(C)(=O)=O. The largest absolute Gasteiger partial charge is 0.354 e. The van der Waals surface area contributed by atoms with Crippen molar-refractivity contribution in [3.05, 3.63) is 63.6 Å². The van der Waals surface area contributed by atoms with Gasteiger partial charge in [0.25, 0.3) is 0 Å². The van der Waals surface area contributed by atoms with Gasteiger partial charge >= 0.3 is 0 Å². The molecule has 0 unspecified atom stereocenters. The number of anilines is 1. The summed E-state index contributed by atoms with van der Waals surface area (Å²) in [6.07, 6.45) is 2.11. The second-order valence-electron chi connectivity index (χ2n) is 8.01. The number of rotatable bonds is 11. The normalized spacial score (nSPS) is 12.2. The van der Waals surface area contributed by atoms with E-state index in [2.05, 4.69) is 5.32 Å². The number of halogens is 2. The molecule has 0 spiro atoms. The van der Waals surface area contributed by atoms with Gasteiger partial charge in [0.05, 0.1) is 22.0 Å². The first kappa shape index (κ1) is 28.0. The number of nitrogens with one attached hydrogen (secondary N) is 1. The average Bonchev–Trinajstić information content (AvgIpc) is 2.78. The summed E-state index contributed by atoms with van der Waals surface area (Å²) in [4.78, 5) is 28.0. The second-order valence-corrected chi connectivity index (χ2v) is 10.7. The van der Waals surface area contributed by atoms with Gasteiger partial charge in [-0.1, -0.05) is 67.4 Å². The minimum atomic E-state index is -3.89. The van der Waals surface area contributed by atoms with Gasteiger partial charge in [-0.15, -0.1) is 0 Å². The van der Waals surface area contributed by atoms with Gasteiger partial charge in [-0.2, -0.15) is 0 Å². The third kappa shape index (κ3) is 7.10. The van der Waals surface area contributed by atoms with E-state index in [9.17, 15) is 18.0 Å². The molecule has 34 heavy (non-hydrogen) atoms. The Labute approximate surface area is 212 Å². The van der Waals surface area contributed by atoms with Crippen molar-refractivity contribution in [1.29, 1.82) is 0 Å². The maximum Gasteiger partial charge on any atom is 0.244 e. The first-order chi connectivity index (χ1) is 16.0. The van der Waals surface area contributed by atoms with E-state index in [-0.39, 0.29) is 28.2 Å². The minimum absolute atomic E-state index is 0.0283. The number of carbonyl (C=O) groups excluding carboxylic acids is 2. The second kappa shape index (κ2) is 12.4. The summed E-state index contributed by atoms with van der Waals surface area (Å²) in [6.45, 7) is 5.79. The molecule has 0 bridgehead atoms. The first-order valence-corrected chi connectivity index (χ1v) is 13.6. The van der Waals surface area contributed by atoms with Gasteiger partial charge in [0.15, 0.2) is 0 Å². The van der Waals surface area contributed by atoms with Gasteiger partial charge in [-0.05, 0) is 43.0 Å². The lowest BCUT2D eigenvalue weighted by molar-refractivity contribution is -0.140. The standard InChI is InChI=1S/C24H31Cl2N3O4S/c1-5-14-27-24(31)20(6-2)28(15-18-11-8-7-10-17(18)3)22(30)16-29(34(4,32)33)21-13-9-12-19(25)23(21)26/h7-13,20H,5-6,14-16H2,1-4H3,(H,27,31)/t20-/m1/s1. The minimum Gasteiger partial charge on any atom is -0.354 e. The van der Waals surface area contributed by atoms with Crippen LogP contribution in [0.15, 0.2) is 42.5 Å². The maximum atomic E-state index is 13.6. The predicted octanol–water partition coefficient (Wildman–Crippen LogP) is 4.40. The lowest BCUT2D eigenvalue weighted by Crippen LogP contribution is -2.52. The summed E-state index contributed by atoms with van der Waals surface area (Å²) in [5, 5.41) is 3.04. The topological polar surface area (TPSA) is 86.8 Å². The van der Waals surface area contributed by atoms with E-state index in [1.165, 1.54) is 17.0 Å². The van der Waals surface area contributed by atoms with Crippen molar-refractivity contribution in [3.8, 4) is 0 Å². The zero-order valence-corrected chi connectivity index (χ0v) is 22.2. The van der Waals surface area contributed by atoms with Gasteiger partial charge in [0, 0.05) is 13.1 Å². The maximum absolute atomic E-state index is 13.6. The predicted molar refractivity (Wildman–Crippen MR) is 138 cm³/mol. The average molecular weight is 529 g/mol. The van der Waals surface area contributed by atoms with Crippen molar-refractivity contribution in [3.63, 3.8) is 0 Å². The Balaban J connectivity index is 2.48. The molecule has 1 atom stereocenters. The fourth-order valence-electron chi connectivity index (χ4n) is 3.54. The highest BCUT2D eigenvalue weighted by molar-refractivity contribution is 7.92. The van der Waals surface area contributed by atoms with Crippen LogP contribution in [0.1, 0.15) is 37.8 Å². The van der Waals surface area contributed by atoms with Crippen LogP contribution in [0.3, 0.4) is 0 Å². The van der Waals surface area contributed by atoms with Crippen LogP contribution in [0.4, 0.5) is 5.69 Å². The highest BCUT2D eigenvalue weighted by Crippen LogP contribution is 2.33. The molecule has 186 valence electrons. The van der Waals surface area contributed by atoms with Gasteiger partial charge in [-0.25, -0.2) is 8.42 Å². The number of amides is 2. The van der Waals surface area contributed by atoms with Crippen molar-refractivity contribution in [2.24, 2.45) is 0 Å². The van der Waals surface area contributed by atoms with Crippen LogP contribution >= 0.6 is 23.2 Å². The van der Waals surface area contributed by atoms with Gasteiger partial charge < -0.3 is 10.2 Å². The number of hydrogen-bond donors (Lipinski definition) is 1. The third-order valence-corrected chi connectivity index (χ3v) is 7.35. The summed E-state index contributed by atoms with van der Waals surface area (Å²) < 4.78 is 26.2. The van der Waals surface area contributed by atoms with Crippen LogP contribution in [0.25, 0.3) is 0 Å². The van der Waals surface area contributed by atoms with Crippen LogP contribution in [0.5, 0.6) is 0 Å². The Bertz CT molecular complexity index is 1120. The molecule has 0 aromatic heterocycles. The van der Waals surface area contributed by atoms with Crippen LogP contribution in [-0.4, -0.2) is 50.5 Å². The van der Waals surface area contributed by atoms with Crippen molar-refractivity contribution in [2.75, 3.05) is 23.7 Å². The lowest BCUT2D eigenvalue weighted by Gasteiger charge is -2.33.